The van der Waals surface area contributed by atoms with Crippen LogP contribution < -0.4 is 5.43 Å². The molecule has 1 N–H and O–H groups in total. The van der Waals surface area contributed by atoms with Crippen LogP contribution in [0, 0.1) is 5.92 Å². The van der Waals surface area contributed by atoms with Gasteiger partial charge in [0.2, 0.25) is 0 Å². The maximum absolute atomic E-state index is 5.97. The summed E-state index contributed by atoms with van der Waals surface area (Å²) >= 11 is 17.6. The number of hydrogen-bond donors (Lipinski definition) is 1. The lowest BCUT2D eigenvalue weighted by Gasteiger charge is -2.12. The Bertz CT molecular complexity index is 486. The van der Waals surface area contributed by atoms with Gasteiger partial charge in [-0.1, -0.05) is 47.0 Å². The van der Waals surface area contributed by atoms with E-state index in [1.165, 1.54) is 0 Å². The molecule has 3 nitrogen and oxygen atoms in total. The predicted molar refractivity (Wildman–Crippen MR) is 77.9 cm³/mol. The molecule has 1 heterocycles. The van der Waals surface area contributed by atoms with Crippen molar-refractivity contribution in [2.75, 3.05) is 5.43 Å². The topological polar surface area (TPSA) is 37.3 Å². The number of pyridine rings is 1. The van der Waals surface area contributed by atoms with Crippen LogP contribution in [0.3, 0.4) is 0 Å². The molecule has 0 radical (unpaired) electrons. The van der Waals surface area contributed by atoms with E-state index < -0.39 is 0 Å². The van der Waals surface area contributed by atoms with E-state index in [0.29, 0.717) is 21.8 Å². The zero-order valence-corrected chi connectivity index (χ0v) is 11.8. The minimum absolute atomic E-state index is 0.208. The van der Waals surface area contributed by atoms with Gasteiger partial charge in [0.25, 0.3) is 0 Å². The number of rotatable bonds is 3. The van der Waals surface area contributed by atoms with Gasteiger partial charge in [-0.25, -0.2) is 4.98 Å². The molecule has 1 unspecified atom stereocenters. The lowest BCUT2D eigenvalue weighted by Crippen LogP contribution is -2.05. The van der Waals surface area contributed by atoms with Crippen LogP contribution in [0.1, 0.15) is 19.3 Å². The summed E-state index contributed by atoms with van der Waals surface area (Å²) in [6.07, 6.45) is 9.48. The quantitative estimate of drug-likeness (QED) is 0.377. The smallest absolute Gasteiger partial charge is 0.166 e. The standard InChI is InChI=1S/C12H12Cl3N3/c13-9-6-10(14)12(17-11(9)15)18-16-7-8-4-2-1-3-5-8/h1-2,6-8H,3-5H2,(H,17,18)/b16-7+. The largest absolute Gasteiger partial charge is 0.260 e. The van der Waals surface area contributed by atoms with Crippen molar-refractivity contribution >= 4 is 46.8 Å². The number of nitrogens with zero attached hydrogens (tertiary/aromatic N) is 2. The first-order chi connectivity index (χ1) is 8.66. The van der Waals surface area contributed by atoms with Crippen LogP contribution in [0.25, 0.3) is 0 Å². The van der Waals surface area contributed by atoms with Crippen molar-refractivity contribution in [3.8, 4) is 0 Å². The summed E-state index contributed by atoms with van der Waals surface area (Å²) in [5.74, 6) is 0.873. The molecule has 1 aliphatic rings. The van der Waals surface area contributed by atoms with Gasteiger partial charge in [0, 0.05) is 6.21 Å². The molecule has 1 atom stereocenters. The second kappa shape index (κ2) is 6.41. The van der Waals surface area contributed by atoms with Crippen molar-refractivity contribution in [3.63, 3.8) is 0 Å². The molecule has 0 aromatic carbocycles. The Morgan fingerprint density at radius 1 is 1.28 bits per heavy atom. The number of nitrogens with one attached hydrogen (secondary N) is 1. The Kier molecular flexibility index (Phi) is 4.87. The van der Waals surface area contributed by atoms with Crippen LogP contribution in [0.2, 0.25) is 15.2 Å². The molecule has 2 rings (SSSR count). The van der Waals surface area contributed by atoms with Crippen LogP contribution in [0.15, 0.2) is 23.3 Å². The minimum Gasteiger partial charge on any atom is -0.260 e. The first kappa shape index (κ1) is 13.7. The Morgan fingerprint density at radius 2 is 2.11 bits per heavy atom. The molecule has 0 aliphatic heterocycles. The number of hydrogen-bond acceptors (Lipinski definition) is 3. The number of aromatic nitrogens is 1. The fraction of sp³-hybridized carbons (Fsp3) is 0.333. The zero-order valence-electron chi connectivity index (χ0n) is 9.54. The molecule has 1 aromatic heterocycles. The summed E-state index contributed by atoms with van der Waals surface area (Å²) in [5, 5.41) is 5.07. The number of hydrazone groups is 1. The lowest BCUT2D eigenvalue weighted by molar-refractivity contribution is 0.627. The van der Waals surface area contributed by atoms with Gasteiger partial charge >= 0.3 is 0 Å². The Balaban J connectivity index is 1.99. The fourth-order valence-electron chi connectivity index (χ4n) is 1.68. The molecule has 18 heavy (non-hydrogen) atoms. The highest BCUT2D eigenvalue weighted by molar-refractivity contribution is 6.42. The Hall–Kier alpha value is -0.770. The van der Waals surface area contributed by atoms with E-state index in [9.17, 15) is 0 Å². The summed E-state index contributed by atoms with van der Waals surface area (Å²) in [7, 11) is 0. The third-order valence-electron chi connectivity index (χ3n) is 2.65. The maximum Gasteiger partial charge on any atom is 0.166 e. The highest BCUT2D eigenvalue weighted by Crippen LogP contribution is 2.28. The molecule has 0 fully saturated rings. The van der Waals surface area contributed by atoms with Crippen LogP contribution in [-0.2, 0) is 0 Å². The third-order valence-corrected chi connectivity index (χ3v) is 3.61. The van der Waals surface area contributed by atoms with Gasteiger partial charge in [0.1, 0.15) is 5.15 Å². The summed E-state index contributed by atoms with van der Waals surface area (Å²) in [4.78, 5) is 4.02. The molecule has 0 bridgehead atoms. The van der Waals surface area contributed by atoms with Gasteiger partial charge in [-0.15, -0.1) is 0 Å². The number of anilines is 1. The minimum atomic E-state index is 0.208. The van der Waals surface area contributed by atoms with Crippen molar-refractivity contribution in [3.05, 3.63) is 33.4 Å². The summed E-state index contributed by atoms with van der Waals surface area (Å²) in [6.45, 7) is 0. The van der Waals surface area contributed by atoms with Crippen LogP contribution in [0.5, 0.6) is 0 Å². The van der Waals surface area contributed by atoms with Crippen molar-refractivity contribution in [2.24, 2.45) is 11.0 Å². The van der Waals surface area contributed by atoms with E-state index in [1.807, 2.05) is 6.21 Å². The first-order valence-electron chi connectivity index (χ1n) is 5.62. The monoisotopic (exact) mass is 303 g/mol. The molecule has 1 aromatic rings. The van der Waals surface area contributed by atoms with Crippen LogP contribution >= 0.6 is 34.8 Å². The molecule has 0 amide bonds. The fourth-order valence-corrected chi connectivity index (χ4v) is 2.22. The highest BCUT2D eigenvalue weighted by atomic mass is 35.5. The molecular weight excluding hydrogens is 293 g/mol. The van der Waals surface area contributed by atoms with Crippen molar-refractivity contribution in [1.29, 1.82) is 0 Å². The highest BCUT2D eigenvalue weighted by Gasteiger charge is 2.08. The second-order valence-corrected chi connectivity index (χ2v) is 5.20. The van der Waals surface area contributed by atoms with Gasteiger partial charge in [0.05, 0.1) is 10.0 Å². The van der Waals surface area contributed by atoms with Crippen LogP contribution in [-0.4, -0.2) is 11.2 Å². The van der Waals surface area contributed by atoms with Crippen molar-refractivity contribution < 1.29 is 0 Å². The zero-order chi connectivity index (χ0) is 13.0. The van der Waals surface area contributed by atoms with Gasteiger partial charge in [0.15, 0.2) is 5.82 Å². The molecular formula is C12H12Cl3N3. The molecule has 0 saturated heterocycles. The van der Waals surface area contributed by atoms with Crippen LogP contribution in [0.4, 0.5) is 5.82 Å². The maximum atomic E-state index is 5.97. The number of allylic oxidation sites excluding steroid dienone is 2. The average Bonchev–Trinajstić information content (AvgIpc) is 2.37. The van der Waals surface area contributed by atoms with E-state index in [4.69, 9.17) is 34.8 Å². The van der Waals surface area contributed by atoms with Gasteiger partial charge in [-0.3, -0.25) is 5.43 Å². The van der Waals surface area contributed by atoms with Gasteiger partial charge in [-0.2, -0.15) is 5.10 Å². The lowest BCUT2D eigenvalue weighted by atomic mass is 9.96. The normalized spacial score (nSPS) is 19.4. The SMILES string of the molecule is Clc1cc(Cl)c(N/N=C/C2CC=CCC2)nc1Cl. The Labute approximate surface area is 121 Å². The van der Waals surface area contributed by atoms with E-state index in [1.54, 1.807) is 6.07 Å². The molecule has 1 aliphatic carbocycles. The summed E-state index contributed by atoms with van der Waals surface area (Å²) in [5.41, 5.74) is 2.79. The summed E-state index contributed by atoms with van der Waals surface area (Å²) < 4.78 is 0. The van der Waals surface area contributed by atoms with Crippen molar-refractivity contribution in [2.45, 2.75) is 19.3 Å². The third kappa shape index (κ3) is 3.61. The first-order valence-corrected chi connectivity index (χ1v) is 6.76. The predicted octanol–water partition coefficient (Wildman–Crippen LogP) is 4.80. The van der Waals surface area contributed by atoms with E-state index in [-0.39, 0.29) is 5.15 Å². The van der Waals surface area contributed by atoms with Gasteiger partial charge < -0.3 is 0 Å². The molecule has 96 valence electrons. The van der Waals surface area contributed by atoms with E-state index >= 15 is 0 Å². The van der Waals surface area contributed by atoms with Crippen molar-refractivity contribution in [1.82, 2.24) is 4.98 Å². The van der Waals surface area contributed by atoms with E-state index in [0.717, 1.165) is 19.3 Å². The molecule has 0 saturated carbocycles. The molecule has 6 heteroatoms. The number of halogens is 3. The summed E-state index contributed by atoms with van der Waals surface area (Å²) in [6, 6.07) is 1.54. The van der Waals surface area contributed by atoms with Gasteiger partial charge in [-0.05, 0) is 31.2 Å². The Morgan fingerprint density at radius 3 is 2.83 bits per heavy atom. The second-order valence-electron chi connectivity index (χ2n) is 4.03. The average molecular weight is 305 g/mol. The molecule has 0 spiro atoms. The van der Waals surface area contributed by atoms with E-state index in [2.05, 4.69) is 27.7 Å².